The molecule has 0 saturated carbocycles. The van der Waals surface area contributed by atoms with Crippen LogP contribution in [0.3, 0.4) is 0 Å². The summed E-state index contributed by atoms with van der Waals surface area (Å²) in [6.45, 7) is 5.21. The Morgan fingerprint density at radius 3 is 2.18 bits per heavy atom. The Bertz CT molecular complexity index is 1440. The van der Waals surface area contributed by atoms with Crippen LogP contribution in [-0.4, -0.2) is 64.1 Å². The molecule has 0 aliphatic carbocycles. The number of phenols is 1. The van der Waals surface area contributed by atoms with Crippen molar-refractivity contribution in [3.8, 4) is 5.75 Å². The van der Waals surface area contributed by atoms with Gasteiger partial charge in [-0.05, 0) is 91.6 Å². The summed E-state index contributed by atoms with van der Waals surface area (Å²) in [5.41, 5.74) is 12.2. The van der Waals surface area contributed by atoms with E-state index in [1.807, 2.05) is 68.4 Å². The topological polar surface area (TPSA) is 145 Å². The van der Waals surface area contributed by atoms with Gasteiger partial charge in [0.15, 0.2) is 0 Å². The molecule has 4 rings (SSSR count). The molecule has 9 heteroatoms. The molecule has 240 valence electrons. The van der Waals surface area contributed by atoms with E-state index in [1.54, 1.807) is 17.0 Å². The van der Waals surface area contributed by atoms with Crippen molar-refractivity contribution >= 4 is 17.8 Å². The van der Waals surface area contributed by atoms with Crippen molar-refractivity contribution in [3.05, 3.63) is 100 Å². The normalized spacial score (nSPS) is 15.6. The molecule has 0 bridgehead atoms. The predicted molar refractivity (Wildman–Crippen MR) is 175 cm³/mol. The summed E-state index contributed by atoms with van der Waals surface area (Å²) >= 11 is 0. The van der Waals surface area contributed by atoms with Crippen LogP contribution in [0.1, 0.15) is 59.1 Å². The van der Waals surface area contributed by atoms with Crippen LogP contribution >= 0.6 is 0 Å². The molecule has 0 fully saturated rings. The van der Waals surface area contributed by atoms with Crippen molar-refractivity contribution in [2.45, 2.75) is 83.5 Å². The molecule has 3 aromatic carbocycles. The lowest BCUT2D eigenvalue weighted by molar-refractivity contribution is -0.142. The molecule has 3 atom stereocenters. The molecule has 2 amide bonds. The number of carbonyl (C=O) groups is 3. The highest BCUT2D eigenvalue weighted by molar-refractivity contribution is 5.90. The molecule has 0 saturated heterocycles. The number of aryl methyl sites for hydroxylation is 2. The number of hydrogen-bond acceptors (Lipinski definition) is 6. The number of fused-ring (bicyclic) bond motifs is 1. The van der Waals surface area contributed by atoms with Gasteiger partial charge in [0.2, 0.25) is 11.8 Å². The zero-order valence-corrected chi connectivity index (χ0v) is 26.3. The molecular weight excluding hydrogens is 568 g/mol. The monoisotopic (exact) mass is 614 g/mol. The van der Waals surface area contributed by atoms with Crippen LogP contribution in [0.25, 0.3) is 0 Å². The molecule has 9 nitrogen and oxygen atoms in total. The average Bonchev–Trinajstić information content (AvgIpc) is 3.02. The number of benzene rings is 3. The van der Waals surface area contributed by atoms with E-state index in [-0.39, 0.29) is 17.6 Å². The van der Waals surface area contributed by atoms with Crippen LogP contribution in [0.4, 0.5) is 0 Å². The smallest absolute Gasteiger partial charge is 0.321 e. The number of nitrogens with zero attached hydrogens (tertiary/aromatic N) is 1. The summed E-state index contributed by atoms with van der Waals surface area (Å²) in [6.07, 6.45) is 4.61. The fourth-order valence-electron chi connectivity index (χ4n) is 6.11. The number of carboxylic acid groups (broad SMARTS) is 1. The minimum Gasteiger partial charge on any atom is -0.508 e. The SMILES string of the molecule is Cc1cc(O)cc(C)c1C[C@H](N)C(=O)N1Cc2ccccc2C[C@H]1C(=O)NCCCCCCN[C@@H](Cc1ccccc1)C(=O)O. The van der Waals surface area contributed by atoms with E-state index >= 15 is 0 Å². The van der Waals surface area contributed by atoms with Gasteiger partial charge in [0, 0.05) is 19.5 Å². The summed E-state index contributed by atoms with van der Waals surface area (Å²) in [6, 6.07) is 18.7. The van der Waals surface area contributed by atoms with Gasteiger partial charge >= 0.3 is 5.97 Å². The number of hydrogen-bond donors (Lipinski definition) is 5. The molecule has 1 aliphatic heterocycles. The first-order valence-electron chi connectivity index (χ1n) is 15.8. The molecule has 6 N–H and O–H groups in total. The molecule has 0 aromatic heterocycles. The standard InChI is InChI=1S/C36H46N4O5/c1-24-18-29(41)19-25(2)30(24)22-31(37)35(43)40-23-28-15-9-8-14-27(28)21-33(40)34(42)39-17-11-4-3-10-16-38-32(36(44)45)20-26-12-6-5-7-13-26/h5-9,12-15,18-19,31-33,38,41H,3-4,10-11,16-17,20-23,37H2,1-2H3,(H,39,42)(H,44,45)/t31-,32-,33-/m0/s1. The lowest BCUT2D eigenvalue weighted by Gasteiger charge is -2.37. The molecule has 1 heterocycles. The fraction of sp³-hybridized carbons (Fsp3) is 0.417. The van der Waals surface area contributed by atoms with Crippen molar-refractivity contribution in [1.29, 1.82) is 0 Å². The van der Waals surface area contributed by atoms with Crippen molar-refractivity contribution in [2.75, 3.05) is 13.1 Å². The zero-order chi connectivity index (χ0) is 32.3. The number of nitrogens with two attached hydrogens (primary N) is 1. The van der Waals surface area contributed by atoms with Gasteiger partial charge < -0.3 is 31.5 Å². The second-order valence-corrected chi connectivity index (χ2v) is 12.1. The van der Waals surface area contributed by atoms with Crippen molar-refractivity contribution in [3.63, 3.8) is 0 Å². The van der Waals surface area contributed by atoms with Crippen LogP contribution < -0.4 is 16.4 Å². The first-order chi connectivity index (χ1) is 21.6. The molecular formula is C36H46N4O5. The Morgan fingerprint density at radius 2 is 1.51 bits per heavy atom. The van der Waals surface area contributed by atoms with Crippen LogP contribution in [0.5, 0.6) is 5.75 Å². The summed E-state index contributed by atoms with van der Waals surface area (Å²) in [7, 11) is 0. The molecule has 0 spiro atoms. The van der Waals surface area contributed by atoms with Gasteiger partial charge in [0.05, 0.1) is 6.04 Å². The first-order valence-corrected chi connectivity index (χ1v) is 15.8. The Kier molecular flexibility index (Phi) is 12.1. The van der Waals surface area contributed by atoms with Crippen LogP contribution in [0.2, 0.25) is 0 Å². The molecule has 1 aliphatic rings. The summed E-state index contributed by atoms with van der Waals surface area (Å²) in [5, 5.41) is 25.7. The predicted octanol–water partition coefficient (Wildman–Crippen LogP) is 3.79. The molecule has 45 heavy (non-hydrogen) atoms. The fourth-order valence-corrected chi connectivity index (χ4v) is 6.11. The number of unbranched alkanes of at least 4 members (excludes halogenated alkanes) is 3. The minimum atomic E-state index is -0.856. The van der Waals surface area contributed by atoms with Gasteiger partial charge in [-0.2, -0.15) is 0 Å². The highest BCUT2D eigenvalue weighted by atomic mass is 16.4. The Morgan fingerprint density at radius 1 is 0.889 bits per heavy atom. The average molecular weight is 615 g/mol. The Hall–Kier alpha value is -4.21. The Labute approximate surface area is 265 Å². The molecule has 3 aromatic rings. The van der Waals surface area contributed by atoms with Crippen LogP contribution in [0, 0.1) is 13.8 Å². The number of rotatable bonds is 15. The van der Waals surface area contributed by atoms with E-state index in [1.165, 1.54) is 0 Å². The minimum absolute atomic E-state index is 0.181. The lowest BCUT2D eigenvalue weighted by Crippen LogP contribution is -2.56. The van der Waals surface area contributed by atoms with Crippen molar-refractivity contribution in [1.82, 2.24) is 15.5 Å². The van der Waals surface area contributed by atoms with Crippen molar-refractivity contribution in [2.24, 2.45) is 5.73 Å². The zero-order valence-electron chi connectivity index (χ0n) is 26.3. The number of nitrogens with one attached hydrogen (secondary N) is 2. The number of amides is 2. The third-order valence-corrected chi connectivity index (χ3v) is 8.63. The number of aromatic hydroxyl groups is 1. The van der Waals surface area contributed by atoms with E-state index in [0.717, 1.165) is 59.1 Å². The second kappa shape index (κ2) is 16.2. The molecule has 0 unspecified atom stereocenters. The van der Waals surface area contributed by atoms with Gasteiger partial charge in [0.1, 0.15) is 17.8 Å². The quantitative estimate of drug-likeness (QED) is 0.164. The Balaban J connectivity index is 1.26. The number of aliphatic carboxylic acids is 1. The summed E-state index contributed by atoms with van der Waals surface area (Å²) in [5.74, 6) is -1.13. The maximum atomic E-state index is 13.7. The number of carboxylic acids is 1. The third kappa shape index (κ3) is 9.39. The van der Waals surface area contributed by atoms with Crippen LogP contribution in [0.15, 0.2) is 66.7 Å². The van der Waals surface area contributed by atoms with Gasteiger partial charge in [-0.1, -0.05) is 67.4 Å². The van der Waals surface area contributed by atoms with Gasteiger partial charge in [-0.25, -0.2) is 0 Å². The van der Waals surface area contributed by atoms with E-state index in [9.17, 15) is 24.6 Å². The van der Waals surface area contributed by atoms with Gasteiger partial charge in [-0.3, -0.25) is 14.4 Å². The lowest BCUT2D eigenvalue weighted by atomic mass is 9.91. The maximum Gasteiger partial charge on any atom is 0.321 e. The first kappa shape index (κ1) is 33.7. The highest BCUT2D eigenvalue weighted by Crippen LogP contribution is 2.26. The summed E-state index contributed by atoms with van der Waals surface area (Å²) < 4.78 is 0. The number of carbonyl (C=O) groups excluding carboxylic acids is 2. The van der Waals surface area contributed by atoms with Crippen molar-refractivity contribution < 1.29 is 24.6 Å². The van der Waals surface area contributed by atoms with E-state index in [4.69, 9.17) is 5.73 Å². The molecule has 0 radical (unpaired) electrons. The number of phenolic OH excluding ortho intramolecular Hbond substituents is 1. The second-order valence-electron chi connectivity index (χ2n) is 12.1. The van der Waals surface area contributed by atoms with E-state index < -0.39 is 24.1 Å². The highest BCUT2D eigenvalue weighted by Gasteiger charge is 2.36. The van der Waals surface area contributed by atoms with E-state index in [0.29, 0.717) is 38.9 Å². The third-order valence-electron chi connectivity index (χ3n) is 8.63. The van der Waals surface area contributed by atoms with E-state index in [2.05, 4.69) is 10.6 Å². The van der Waals surface area contributed by atoms with Gasteiger partial charge in [-0.15, -0.1) is 0 Å². The van der Waals surface area contributed by atoms with Gasteiger partial charge in [0.25, 0.3) is 0 Å². The van der Waals surface area contributed by atoms with Crippen LogP contribution in [-0.2, 0) is 40.2 Å². The maximum absolute atomic E-state index is 13.7. The largest absolute Gasteiger partial charge is 0.508 e. The summed E-state index contributed by atoms with van der Waals surface area (Å²) in [4.78, 5) is 40.4.